The predicted octanol–water partition coefficient (Wildman–Crippen LogP) is 2.21. The number of carbonyl (C=O) groups excluding carboxylic acids is 2. The summed E-state index contributed by atoms with van der Waals surface area (Å²) in [4.78, 5) is 43.0. The predicted molar refractivity (Wildman–Crippen MR) is 105 cm³/mol. The molecule has 2 atom stereocenters. The number of amides is 2. The molecule has 2 aliphatic heterocycles. The molecule has 2 aliphatic rings. The van der Waals surface area contributed by atoms with E-state index < -0.39 is 28.8 Å². The van der Waals surface area contributed by atoms with Gasteiger partial charge in [-0.25, -0.2) is 4.90 Å². The minimum absolute atomic E-state index is 0.109. The molecule has 0 aliphatic carbocycles. The number of hydrogen-bond donors (Lipinski definition) is 0. The summed E-state index contributed by atoms with van der Waals surface area (Å²) in [6.45, 7) is 1.58. The van der Waals surface area contributed by atoms with E-state index in [1.54, 1.807) is 25.1 Å². The maximum atomic E-state index is 13.2. The summed E-state index contributed by atoms with van der Waals surface area (Å²) in [6.07, 6.45) is -1.15. The molecule has 0 radical (unpaired) electrons. The van der Waals surface area contributed by atoms with E-state index >= 15 is 0 Å². The van der Waals surface area contributed by atoms with Crippen LogP contribution in [-0.2, 0) is 14.4 Å². The van der Waals surface area contributed by atoms with Crippen LogP contribution >= 0.6 is 0 Å². The van der Waals surface area contributed by atoms with E-state index in [1.165, 1.54) is 32.4 Å². The summed E-state index contributed by atoms with van der Waals surface area (Å²) < 4.78 is 10.7. The molecule has 0 saturated carbocycles. The fraction of sp³-hybridized carbons (Fsp3) is 0.250. The maximum absolute atomic E-state index is 13.2. The second kappa shape index (κ2) is 7.14. The number of anilines is 1. The number of ether oxygens (including phenoxy) is 2. The van der Waals surface area contributed by atoms with Crippen molar-refractivity contribution < 1.29 is 28.8 Å². The van der Waals surface area contributed by atoms with Crippen LogP contribution in [0.2, 0.25) is 0 Å². The molecule has 154 valence electrons. The lowest BCUT2D eigenvalue weighted by Crippen LogP contribution is -2.33. The highest BCUT2D eigenvalue weighted by Gasteiger charge is 2.56. The van der Waals surface area contributed by atoms with Crippen LogP contribution in [0.4, 0.5) is 11.4 Å². The van der Waals surface area contributed by atoms with Gasteiger partial charge in [0, 0.05) is 17.2 Å². The number of nitrogens with zero attached hydrogens (tertiary/aromatic N) is 3. The SMILES string of the molecule is COc1cccc(C2=NO[C@@H]3C(=O)N(c4ccc(C)c([N+](=O)[O-])c4)C(=O)[C@@H]23)c1OC. The molecule has 0 aromatic heterocycles. The molecule has 2 aromatic carbocycles. The smallest absolute Gasteiger partial charge is 0.278 e. The van der Waals surface area contributed by atoms with Crippen molar-refractivity contribution in [3.63, 3.8) is 0 Å². The van der Waals surface area contributed by atoms with E-state index in [2.05, 4.69) is 5.16 Å². The Kier molecular flexibility index (Phi) is 4.61. The molecule has 4 rings (SSSR count). The number of imide groups is 1. The Balaban J connectivity index is 1.75. The fourth-order valence-electron chi connectivity index (χ4n) is 3.68. The van der Waals surface area contributed by atoms with Gasteiger partial charge in [-0.2, -0.15) is 0 Å². The van der Waals surface area contributed by atoms with Crippen LogP contribution in [0.3, 0.4) is 0 Å². The topological polar surface area (TPSA) is 121 Å². The third-order valence-electron chi connectivity index (χ3n) is 5.14. The van der Waals surface area contributed by atoms with Crippen molar-refractivity contribution in [3.05, 3.63) is 57.6 Å². The average Bonchev–Trinajstić information content (AvgIpc) is 3.28. The van der Waals surface area contributed by atoms with Gasteiger partial charge < -0.3 is 14.3 Å². The van der Waals surface area contributed by atoms with E-state index in [-0.39, 0.29) is 17.1 Å². The van der Waals surface area contributed by atoms with E-state index in [0.29, 0.717) is 22.6 Å². The average molecular weight is 411 g/mol. The van der Waals surface area contributed by atoms with Crippen molar-refractivity contribution in [1.82, 2.24) is 0 Å². The molecule has 2 amide bonds. The molecular weight excluding hydrogens is 394 g/mol. The maximum Gasteiger partial charge on any atom is 0.278 e. The van der Waals surface area contributed by atoms with Crippen LogP contribution in [0.5, 0.6) is 11.5 Å². The Labute approximate surface area is 170 Å². The van der Waals surface area contributed by atoms with E-state index in [1.807, 2.05) is 0 Å². The second-order valence-electron chi connectivity index (χ2n) is 6.76. The second-order valence-corrected chi connectivity index (χ2v) is 6.76. The Morgan fingerprint density at radius 2 is 1.90 bits per heavy atom. The lowest BCUT2D eigenvalue weighted by Gasteiger charge is -2.16. The summed E-state index contributed by atoms with van der Waals surface area (Å²) in [7, 11) is 2.93. The molecule has 0 N–H and O–H groups in total. The lowest BCUT2D eigenvalue weighted by atomic mass is 9.93. The molecule has 2 heterocycles. The van der Waals surface area contributed by atoms with Crippen molar-refractivity contribution in [3.8, 4) is 11.5 Å². The molecule has 30 heavy (non-hydrogen) atoms. The molecule has 0 bridgehead atoms. The van der Waals surface area contributed by atoms with Gasteiger partial charge in [-0.15, -0.1) is 0 Å². The Bertz CT molecular complexity index is 1110. The first-order chi connectivity index (χ1) is 14.4. The Morgan fingerprint density at radius 3 is 2.57 bits per heavy atom. The Hall–Kier alpha value is -3.95. The quantitative estimate of drug-likeness (QED) is 0.420. The highest BCUT2D eigenvalue weighted by Crippen LogP contribution is 2.40. The summed E-state index contributed by atoms with van der Waals surface area (Å²) in [5.74, 6) is -1.43. The van der Waals surface area contributed by atoms with Gasteiger partial charge in [-0.1, -0.05) is 17.3 Å². The van der Waals surface area contributed by atoms with Crippen LogP contribution in [0.15, 0.2) is 41.6 Å². The van der Waals surface area contributed by atoms with E-state index in [9.17, 15) is 19.7 Å². The van der Waals surface area contributed by atoms with Crippen molar-refractivity contribution >= 4 is 28.9 Å². The van der Waals surface area contributed by atoms with E-state index in [4.69, 9.17) is 14.3 Å². The minimum atomic E-state index is -1.15. The molecular formula is C20H17N3O7. The normalized spacial score (nSPS) is 20.0. The van der Waals surface area contributed by atoms with Crippen LogP contribution < -0.4 is 14.4 Å². The number of para-hydroxylation sites is 1. The highest BCUT2D eigenvalue weighted by molar-refractivity contribution is 6.32. The number of benzene rings is 2. The number of oxime groups is 1. The molecule has 10 nitrogen and oxygen atoms in total. The van der Waals surface area contributed by atoms with Crippen LogP contribution in [0.1, 0.15) is 11.1 Å². The van der Waals surface area contributed by atoms with Gasteiger partial charge in [0.05, 0.1) is 24.8 Å². The number of nitro groups is 1. The monoisotopic (exact) mass is 411 g/mol. The first-order valence-electron chi connectivity index (χ1n) is 8.97. The summed E-state index contributed by atoms with van der Waals surface area (Å²) in [6, 6.07) is 9.26. The zero-order valence-electron chi connectivity index (χ0n) is 16.3. The van der Waals surface area contributed by atoms with E-state index in [0.717, 1.165) is 4.90 Å². The van der Waals surface area contributed by atoms with Gasteiger partial charge in [-0.3, -0.25) is 19.7 Å². The van der Waals surface area contributed by atoms with Crippen LogP contribution in [0, 0.1) is 23.0 Å². The first kappa shape index (κ1) is 19.4. The molecule has 0 unspecified atom stereocenters. The largest absolute Gasteiger partial charge is 0.493 e. The zero-order valence-corrected chi connectivity index (χ0v) is 16.3. The van der Waals surface area contributed by atoms with Crippen molar-refractivity contribution in [2.24, 2.45) is 11.1 Å². The molecule has 0 spiro atoms. The number of rotatable bonds is 5. The van der Waals surface area contributed by atoms with Gasteiger partial charge in [0.15, 0.2) is 11.5 Å². The van der Waals surface area contributed by atoms with Crippen LogP contribution in [0.25, 0.3) is 0 Å². The van der Waals surface area contributed by atoms with Gasteiger partial charge in [0.2, 0.25) is 12.0 Å². The molecule has 2 aromatic rings. The summed E-state index contributed by atoms with van der Waals surface area (Å²) >= 11 is 0. The van der Waals surface area contributed by atoms with Gasteiger partial charge in [0.1, 0.15) is 11.6 Å². The lowest BCUT2D eigenvalue weighted by molar-refractivity contribution is -0.385. The number of hydrogen-bond acceptors (Lipinski definition) is 8. The zero-order chi connectivity index (χ0) is 21.6. The van der Waals surface area contributed by atoms with Crippen molar-refractivity contribution in [2.45, 2.75) is 13.0 Å². The summed E-state index contributed by atoms with van der Waals surface area (Å²) in [5.41, 5.74) is 1.04. The van der Waals surface area contributed by atoms with Gasteiger partial charge >= 0.3 is 0 Å². The molecule has 10 heteroatoms. The van der Waals surface area contributed by atoms with Gasteiger partial charge in [0.25, 0.3) is 11.6 Å². The standard InChI is InChI=1S/C20H17N3O7/c1-10-7-8-11(9-13(10)23(26)27)22-19(24)15-16(21-30-18(15)20(22)25)12-5-4-6-14(28-2)17(12)29-3/h4-9,15,18H,1-3H3/t15-,18-/m0/s1. The molecule has 1 fully saturated rings. The number of fused-ring (bicyclic) bond motifs is 1. The van der Waals surface area contributed by atoms with Crippen molar-refractivity contribution in [1.29, 1.82) is 0 Å². The Morgan fingerprint density at radius 1 is 1.13 bits per heavy atom. The first-order valence-corrected chi connectivity index (χ1v) is 8.97. The third-order valence-corrected chi connectivity index (χ3v) is 5.14. The highest BCUT2D eigenvalue weighted by atomic mass is 16.7. The fourth-order valence-corrected chi connectivity index (χ4v) is 3.68. The minimum Gasteiger partial charge on any atom is -0.493 e. The number of methoxy groups -OCH3 is 2. The van der Waals surface area contributed by atoms with Crippen LogP contribution in [-0.4, -0.2) is 42.8 Å². The molecule has 1 saturated heterocycles. The summed E-state index contributed by atoms with van der Waals surface area (Å²) in [5, 5.41) is 15.2. The third kappa shape index (κ3) is 2.76. The van der Waals surface area contributed by atoms with Crippen molar-refractivity contribution in [2.75, 3.05) is 19.1 Å². The number of nitro benzene ring substituents is 1. The number of carbonyl (C=O) groups is 2. The number of aryl methyl sites for hydroxylation is 1. The van der Waals surface area contributed by atoms with Gasteiger partial charge in [-0.05, 0) is 25.1 Å².